The number of rotatable bonds is 7. The summed E-state index contributed by atoms with van der Waals surface area (Å²) >= 11 is 1.84. The zero-order valence-electron chi connectivity index (χ0n) is 8.79. The number of aryl methyl sites for hydroxylation is 1. The molecule has 0 unspecified atom stereocenters. The summed E-state index contributed by atoms with van der Waals surface area (Å²) < 4.78 is 0. The van der Waals surface area contributed by atoms with Gasteiger partial charge in [0.2, 0.25) is 0 Å². The molecule has 1 rings (SSSR count). The molecular formula is C12H18OS. The van der Waals surface area contributed by atoms with Crippen LogP contribution in [0.1, 0.15) is 43.9 Å². The molecule has 1 nitrogen and oxygen atoms in total. The number of thiophene rings is 1. The van der Waals surface area contributed by atoms with Crippen molar-refractivity contribution in [2.24, 2.45) is 0 Å². The van der Waals surface area contributed by atoms with Crippen LogP contribution in [-0.4, -0.2) is 5.78 Å². The lowest BCUT2D eigenvalue weighted by atomic mass is 10.1. The van der Waals surface area contributed by atoms with Gasteiger partial charge in [-0.3, -0.25) is 0 Å². The highest BCUT2D eigenvalue weighted by Gasteiger charge is 1.96. The third-order valence-electron chi connectivity index (χ3n) is 2.28. The first-order valence-corrected chi connectivity index (χ1v) is 6.19. The lowest BCUT2D eigenvalue weighted by molar-refractivity contribution is -0.117. The van der Waals surface area contributed by atoms with E-state index in [2.05, 4.69) is 17.5 Å². The van der Waals surface area contributed by atoms with E-state index in [9.17, 15) is 4.79 Å². The summed E-state index contributed by atoms with van der Waals surface area (Å²) in [5.41, 5.74) is 0. The second kappa shape index (κ2) is 6.77. The van der Waals surface area contributed by atoms with Crippen LogP contribution in [0.5, 0.6) is 0 Å². The molecule has 0 N–H and O–H groups in total. The molecule has 0 saturated heterocycles. The van der Waals surface area contributed by atoms with Crippen molar-refractivity contribution >= 4 is 17.1 Å². The first-order valence-electron chi connectivity index (χ1n) is 5.31. The van der Waals surface area contributed by atoms with Gasteiger partial charge in [0.15, 0.2) is 0 Å². The SMILES string of the molecule is CC(=O)CCCCCCc1cccs1. The molecule has 0 radical (unpaired) electrons. The van der Waals surface area contributed by atoms with Crippen molar-refractivity contribution in [1.29, 1.82) is 0 Å². The number of ketones is 1. The van der Waals surface area contributed by atoms with E-state index in [1.807, 2.05) is 11.3 Å². The molecule has 0 aliphatic rings. The van der Waals surface area contributed by atoms with Crippen LogP contribution in [0, 0.1) is 0 Å². The highest BCUT2D eigenvalue weighted by molar-refractivity contribution is 7.09. The van der Waals surface area contributed by atoms with E-state index in [-0.39, 0.29) is 0 Å². The van der Waals surface area contributed by atoms with Crippen LogP contribution in [0.15, 0.2) is 17.5 Å². The van der Waals surface area contributed by atoms with Gasteiger partial charge in [-0.05, 0) is 37.6 Å². The Balaban J connectivity index is 1.92. The highest BCUT2D eigenvalue weighted by Crippen LogP contribution is 2.13. The summed E-state index contributed by atoms with van der Waals surface area (Å²) in [5, 5.41) is 2.13. The Bertz CT molecular complexity index is 251. The molecular weight excluding hydrogens is 192 g/mol. The molecule has 0 aliphatic heterocycles. The minimum Gasteiger partial charge on any atom is -0.300 e. The minimum atomic E-state index is 0.322. The molecule has 0 aliphatic carbocycles. The van der Waals surface area contributed by atoms with Crippen LogP contribution in [0.2, 0.25) is 0 Å². The van der Waals surface area contributed by atoms with Gasteiger partial charge >= 0.3 is 0 Å². The summed E-state index contributed by atoms with van der Waals surface area (Å²) in [7, 11) is 0. The molecule has 0 atom stereocenters. The molecule has 1 aromatic rings. The van der Waals surface area contributed by atoms with E-state index in [4.69, 9.17) is 0 Å². The van der Waals surface area contributed by atoms with Crippen LogP contribution in [0.25, 0.3) is 0 Å². The largest absolute Gasteiger partial charge is 0.300 e. The molecule has 78 valence electrons. The smallest absolute Gasteiger partial charge is 0.129 e. The van der Waals surface area contributed by atoms with Gasteiger partial charge < -0.3 is 4.79 Å². The predicted octanol–water partition coefficient (Wildman–Crippen LogP) is 3.83. The molecule has 1 aromatic heterocycles. The van der Waals surface area contributed by atoms with Crippen LogP contribution >= 0.6 is 11.3 Å². The Labute approximate surface area is 90.2 Å². The topological polar surface area (TPSA) is 17.1 Å². The maximum Gasteiger partial charge on any atom is 0.129 e. The van der Waals surface area contributed by atoms with Gasteiger partial charge in [-0.15, -0.1) is 11.3 Å². The Morgan fingerprint density at radius 1 is 1.29 bits per heavy atom. The molecule has 0 spiro atoms. The molecule has 0 saturated carbocycles. The van der Waals surface area contributed by atoms with Gasteiger partial charge in [-0.2, -0.15) is 0 Å². The Morgan fingerprint density at radius 3 is 2.71 bits per heavy atom. The minimum absolute atomic E-state index is 0.322. The highest BCUT2D eigenvalue weighted by atomic mass is 32.1. The van der Waals surface area contributed by atoms with Gasteiger partial charge in [-0.1, -0.05) is 18.9 Å². The number of Topliss-reactive ketones (excluding diaryl/α,β-unsaturated/α-hetero) is 1. The van der Waals surface area contributed by atoms with Gasteiger partial charge in [0.05, 0.1) is 0 Å². The van der Waals surface area contributed by atoms with Gasteiger partial charge in [0.1, 0.15) is 5.78 Å². The zero-order valence-corrected chi connectivity index (χ0v) is 9.61. The number of carbonyl (C=O) groups is 1. The number of hydrogen-bond donors (Lipinski definition) is 0. The fourth-order valence-electron chi connectivity index (χ4n) is 1.48. The van der Waals surface area contributed by atoms with Crippen LogP contribution < -0.4 is 0 Å². The standard InChI is InChI=1S/C12H18OS/c1-11(13)7-4-2-3-5-8-12-9-6-10-14-12/h6,9-10H,2-5,7-8H2,1H3. The Morgan fingerprint density at radius 2 is 2.07 bits per heavy atom. The Kier molecular flexibility index (Phi) is 5.53. The third kappa shape index (κ3) is 5.18. The van der Waals surface area contributed by atoms with E-state index in [0.717, 1.165) is 12.8 Å². The van der Waals surface area contributed by atoms with Crippen molar-refractivity contribution in [3.05, 3.63) is 22.4 Å². The molecule has 0 amide bonds. The molecule has 0 fully saturated rings. The molecule has 0 bridgehead atoms. The predicted molar refractivity (Wildman–Crippen MR) is 61.8 cm³/mol. The zero-order chi connectivity index (χ0) is 10.2. The summed E-state index contributed by atoms with van der Waals surface area (Å²) in [6.45, 7) is 1.67. The Hall–Kier alpha value is -0.630. The molecule has 14 heavy (non-hydrogen) atoms. The first kappa shape index (κ1) is 11.4. The average Bonchev–Trinajstić information content (AvgIpc) is 2.63. The van der Waals surface area contributed by atoms with Gasteiger partial charge in [0, 0.05) is 11.3 Å². The fraction of sp³-hybridized carbons (Fsp3) is 0.583. The molecule has 0 aromatic carbocycles. The maximum atomic E-state index is 10.7. The monoisotopic (exact) mass is 210 g/mol. The lowest BCUT2D eigenvalue weighted by Gasteiger charge is -1.98. The van der Waals surface area contributed by atoms with Crippen molar-refractivity contribution in [2.75, 3.05) is 0 Å². The average molecular weight is 210 g/mol. The van der Waals surface area contributed by atoms with Gasteiger partial charge in [0.25, 0.3) is 0 Å². The van der Waals surface area contributed by atoms with Gasteiger partial charge in [-0.25, -0.2) is 0 Å². The van der Waals surface area contributed by atoms with Crippen LogP contribution in [-0.2, 0) is 11.2 Å². The van der Waals surface area contributed by atoms with Crippen LogP contribution in [0.3, 0.4) is 0 Å². The second-order valence-corrected chi connectivity index (χ2v) is 4.73. The summed E-state index contributed by atoms with van der Waals surface area (Å²) in [4.78, 5) is 12.1. The first-order chi connectivity index (χ1) is 6.79. The molecule has 1 heterocycles. The van der Waals surface area contributed by atoms with Crippen molar-refractivity contribution in [1.82, 2.24) is 0 Å². The van der Waals surface area contributed by atoms with E-state index in [1.54, 1.807) is 6.92 Å². The van der Waals surface area contributed by atoms with Crippen molar-refractivity contribution in [2.45, 2.75) is 45.4 Å². The number of unbranched alkanes of at least 4 members (excludes halogenated alkanes) is 3. The van der Waals surface area contributed by atoms with Crippen molar-refractivity contribution in [3.8, 4) is 0 Å². The lowest BCUT2D eigenvalue weighted by Crippen LogP contribution is -1.89. The summed E-state index contributed by atoms with van der Waals surface area (Å²) in [5.74, 6) is 0.322. The summed E-state index contributed by atoms with van der Waals surface area (Å²) in [6.07, 6.45) is 6.76. The van der Waals surface area contributed by atoms with E-state index in [1.165, 1.54) is 30.6 Å². The fourth-order valence-corrected chi connectivity index (χ4v) is 2.23. The van der Waals surface area contributed by atoms with E-state index < -0.39 is 0 Å². The number of carbonyl (C=O) groups excluding carboxylic acids is 1. The van der Waals surface area contributed by atoms with Crippen molar-refractivity contribution < 1.29 is 4.79 Å². The van der Waals surface area contributed by atoms with Crippen molar-refractivity contribution in [3.63, 3.8) is 0 Å². The van der Waals surface area contributed by atoms with Crippen LogP contribution in [0.4, 0.5) is 0 Å². The normalized spacial score (nSPS) is 10.4. The quantitative estimate of drug-likeness (QED) is 0.625. The maximum absolute atomic E-state index is 10.7. The van der Waals surface area contributed by atoms with E-state index >= 15 is 0 Å². The number of hydrogen-bond acceptors (Lipinski definition) is 2. The second-order valence-electron chi connectivity index (χ2n) is 3.70. The summed E-state index contributed by atoms with van der Waals surface area (Å²) in [6, 6.07) is 4.30. The van der Waals surface area contributed by atoms with E-state index in [0.29, 0.717) is 5.78 Å². The third-order valence-corrected chi connectivity index (χ3v) is 3.22. The molecule has 2 heteroatoms.